The van der Waals surface area contributed by atoms with Crippen molar-refractivity contribution in [1.82, 2.24) is 4.98 Å². The topological polar surface area (TPSA) is 106 Å². The molecule has 1 aromatic heterocycles. The molecule has 0 aliphatic carbocycles. The van der Waals surface area contributed by atoms with Gasteiger partial charge in [0.15, 0.2) is 5.13 Å². The van der Waals surface area contributed by atoms with Gasteiger partial charge in [0.2, 0.25) is 0 Å². The number of amides is 1. The lowest BCUT2D eigenvalue weighted by molar-refractivity contribution is -0.132. The molecule has 0 radical (unpaired) electrons. The highest BCUT2D eigenvalue weighted by atomic mass is 32.1. The Morgan fingerprint density at radius 1 is 1.22 bits per heavy atom. The summed E-state index contributed by atoms with van der Waals surface area (Å²) in [6, 6.07) is 9.00. The molecule has 8 nitrogen and oxygen atoms in total. The zero-order valence-electron chi connectivity index (χ0n) is 20.3. The number of aromatic nitrogens is 1. The lowest BCUT2D eigenvalue weighted by Gasteiger charge is -2.23. The number of hydrogen-bond acceptors (Lipinski definition) is 8. The number of carbonyl (C=O) groups is 3. The Hall–Kier alpha value is -4.31. The van der Waals surface area contributed by atoms with Crippen LogP contribution >= 0.6 is 11.3 Å². The van der Waals surface area contributed by atoms with Gasteiger partial charge in [-0.15, -0.1) is 0 Å². The lowest BCUT2D eigenvalue weighted by Crippen LogP contribution is -2.29. The fourth-order valence-electron chi connectivity index (χ4n) is 4.04. The Morgan fingerprint density at radius 3 is 2.54 bits per heavy atom. The number of aryl methyl sites for hydroxylation is 2. The number of carbonyl (C=O) groups excluding carboxylic acids is 3. The van der Waals surface area contributed by atoms with Gasteiger partial charge >= 0.3 is 11.9 Å². The summed E-state index contributed by atoms with van der Waals surface area (Å²) in [6.07, 6.45) is 1.42. The normalized spacial score (nSPS) is 16.6. The second-order valence-electron chi connectivity index (χ2n) is 8.20. The van der Waals surface area contributed by atoms with Crippen molar-refractivity contribution in [1.29, 1.82) is 0 Å². The Bertz CT molecular complexity index is 1440. The highest BCUT2D eigenvalue weighted by Gasteiger charge is 2.48. The summed E-state index contributed by atoms with van der Waals surface area (Å²) in [5, 5.41) is 11.4. The summed E-state index contributed by atoms with van der Waals surface area (Å²) in [5.74, 6) is -2.88. The molecule has 0 spiro atoms. The van der Waals surface area contributed by atoms with Crippen molar-refractivity contribution in [2.45, 2.75) is 19.9 Å². The molecule has 0 bridgehead atoms. The fourth-order valence-corrected chi connectivity index (χ4v) is 5.03. The summed E-state index contributed by atoms with van der Waals surface area (Å²) < 4.78 is 24.1. The van der Waals surface area contributed by atoms with Crippen LogP contribution in [0.15, 0.2) is 60.7 Å². The minimum Gasteiger partial charge on any atom is -0.507 e. The van der Waals surface area contributed by atoms with Gasteiger partial charge in [-0.1, -0.05) is 36.1 Å². The first kappa shape index (κ1) is 25.8. The average Bonchev–Trinajstić information content (AvgIpc) is 3.39. The van der Waals surface area contributed by atoms with Gasteiger partial charge in [-0.2, -0.15) is 0 Å². The molecule has 37 heavy (non-hydrogen) atoms. The number of aliphatic hydroxyl groups excluding tert-OH is 1. The van der Waals surface area contributed by atoms with E-state index in [9.17, 15) is 23.9 Å². The molecule has 3 aromatic rings. The molecule has 190 valence electrons. The molecule has 2 heterocycles. The van der Waals surface area contributed by atoms with Crippen molar-refractivity contribution in [3.8, 4) is 5.75 Å². The summed E-state index contributed by atoms with van der Waals surface area (Å²) in [4.78, 5) is 44.7. The van der Waals surface area contributed by atoms with E-state index in [0.717, 1.165) is 16.2 Å². The molecule has 1 aliphatic rings. The maximum Gasteiger partial charge on any atom is 0.350 e. The van der Waals surface area contributed by atoms with Crippen LogP contribution in [-0.2, 0) is 14.3 Å². The van der Waals surface area contributed by atoms with E-state index in [1.54, 1.807) is 32.0 Å². The van der Waals surface area contributed by atoms with Crippen molar-refractivity contribution in [2.75, 3.05) is 18.6 Å². The number of methoxy groups -OCH3 is 1. The van der Waals surface area contributed by atoms with Crippen LogP contribution in [0, 0.1) is 19.7 Å². The number of benzene rings is 2. The monoisotopic (exact) mass is 522 g/mol. The largest absolute Gasteiger partial charge is 0.507 e. The minimum atomic E-state index is -1.12. The maximum atomic E-state index is 13.7. The standard InChI is InChI=1S/C27H23FN2O6S/c1-5-12-36-26(34)24-15(3)29-27(37-24)30-21(16-6-8-17(28)9-7-16)20(23(32)25(30)33)22(31)19-11-10-18(35-4)13-14(19)2/h5-11,13,21,31H,1,12H2,2-4H3/b22-20+/t21-/m1/s1. The van der Waals surface area contributed by atoms with Gasteiger partial charge in [0, 0.05) is 5.56 Å². The molecule has 4 rings (SSSR count). The van der Waals surface area contributed by atoms with Gasteiger partial charge in [-0.25, -0.2) is 14.2 Å². The third-order valence-corrected chi connectivity index (χ3v) is 6.96. The molecule has 2 aromatic carbocycles. The molecular weight excluding hydrogens is 499 g/mol. The first-order chi connectivity index (χ1) is 17.7. The van der Waals surface area contributed by atoms with E-state index in [0.29, 0.717) is 28.1 Å². The van der Waals surface area contributed by atoms with Gasteiger partial charge in [-0.05, 0) is 55.3 Å². The average molecular weight is 523 g/mol. The highest BCUT2D eigenvalue weighted by Crippen LogP contribution is 2.44. The van der Waals surface area contributed by atoms with E-state index in [1.165, 1.54) is 37.5 Å². The molecule has 1 N–H and O–H groups in total. The van der Waals surface area contributed by atoms with Crippen molar-refractivity contribution in [3.63, 3.8) is 0 Å². The van der Waals surface area contributed by atoms with Crippen LogP contribution in [0.5, 0.6) is 5.75 Å². The number of nitrogens with zero attached hydrogens (tertiary/aromatic N) is 2. The number of thiazole rings is 1. The first-order valence-electron chi connectivity index (χ1n) is 11.1. The number of Topliss-reactive ketones (excluding diaryl/α,β-unsaturated/α-hetero) is 1. The second-order valence-corrected chi connectivity index (χ2v) is 9.18. The van der Waals surface area contributed by atoms with Crippen molar-refractivity contribution in [3.05, 3.63) is 93.8 Å². The highest BCUT2D eigenvalue weighted by molar-refractivity contribution is 7.17. The number of ketones is 1. The van der Waals surface area contributed by atoms with E-state index >= 15 is 0 Å². The number of hydrogen-bond donors (Lipinski definition) is 1. The SMILES string of the molecule is C=CCOC(=O)c1sc(N2C(=O)C(=O)/C(=C(/O)c3ccc(OC)cc3C)[C@H]2c2ccc(F)cc2)nc1C. The quantitative estimate of drug-likeness (QED) is 0.155. The smallest absolute Gasteiger partial charge is 0.350 e. The number of esters is 1. The third kappa shape index (κ3) is 4.75. The van der Waals surface area contributed by atoms with Gasteiger partial charge in [0.25, 0.3) is 5.78 Å². The summed E-state index contributed by atoms with van der Waals surface area (Å²) in [5.41, 5.74) is 1.43. The second kappa shape index (κ2) is 10.4. The zero-order valence-corrected chi connectivity index (χ0v) is 21.1. The molecule has 1 fully saturated rings. The predicted octanol–water partition coefficient (Wildman–Crippen LogP) is 4.88. The Balaban J connectivity index is 1.89. The van der Waals surface area contributed by atoms with Crippen LogP contribution in [0.1, 0.15) is 38.1 Å². The number of rotatable bonds is 7. The number of halogens is 1. The summed E-state index contributed by atoms with van der Waals surface area (Å²) >= 11 is 0.878. The van der Waals surface area contributed by atoms with E-state index < -0.39 is 35.3 Å². The maximum absolute atomic E-state index is 13.7. The van der Waals surface area contributed by atoms with Crippen LogP contribution in [0.4, 0.5) is 9.52 Å². The van der Waals surface area contributed by atoms with Crippen LogP contribution in [-0.4, -0.2) is 41.5 Å². The molecule has 0 unspecified atom stereocenters. The van der Waals surface area contributed by atoms with Crippen LogP contribution in [0.3, 0.4) is 0 Å². The van der Waals surface area contributed by atoms with E-state index in [1.807, 2.05) is 0 Å². The third-order valence-electron chi connectivity index (χ3n) is 5.83. The minimum absolute atomic E-state index is 0.00713. The van der Waals surface area contributed by atoms with Crippen LogP contribution in [0.25, 0.3) is 5.76 Å². The van der Waals surface area contributed by atoms with E-state index in [-0.39, 0.29) is 22.2 Å². The lowest BCUT2D eigenvalue weighted by atomic mass is 9.94. The molecule has 0 saturated carbocycles. The molecule has 1 aliphatic heterocycles. The van der Waals surface area contributed by atoms with Crippen molar-refractivity contribution >= 4 is 39.9 Å². The van der Waals surface area contributed by atoms with Crippen LogP contribution in [0.2, 0.25) is 0 Å². The number of ether oxygens (including phenoxy) is 2. The van der Waals surface area contributed by atoms with Gasteiger partial charge in [0.05, 0.1) is 24.4 Å². The summed E-state index contributed by atoms with van der Waals surface area (Å²) in [7, 11) is 1.51. The first-order valence-corrected chi connectivity index (χ1v) is 12.0. The summed E-state index contributed by atoms with van der Waals surface area (Å²) in [6.45, 7) is 6.81. The van der Waals surface area contributed by atoms with Gasteiger partial charge in [-0.3, -0.25) is 14.5 Å². The Labute approximate surface area is 216 Å². The van der Waals surface area contributed by atoms with E-state index in [2.05, 4.69) is 11.6 Å². The fraction of sp³-hybridized carbons (Fsp3) is 0.185. The van der Waals surface area contributed by atoms with Crippen LogP contribution < -0.4 is 9.64 Å². The molecule has 1 saturated heterocycles. The van der Waals surface area contributed by atoms with Gasteiger partial charge in [0.1, 0.15) is 28.8 Å². The van der Waals surface area contributed by atoms with Crippen molar-refractivity contribution < 1.29 is 33.4 Å². The molecule has 10 heteroatoms. The Kier molecular flexibility index (Phi) is 7.21. The predicted molar refractivity (Wildman–Crippen MR) is 136 cm³/mol. The molecular formula is C27H23FN2O6S. The zero-order chi connectivity index (χ0) is 26.9. The number of aliphatic hydroxyl groups is 1. The van der Waals surface area contributed by atoms with E-state index in [4.69, 9.17) is 9.47 Å². The Morgan fingerprint density at radius 2 is 1.92 bits per heavy atom. The number of anilines is 1. The molecule has 1 atom stereocenters. The molecule has 1 amide bonds. The van der Waals surface area contributed by atoms with Crippen molar-refractivity contribution in [2.24, 2.45) is 0 Å². The van der Waals surface area contributed by atoms with Gasteiger partial charge < -0.3 is 14.6 Å².